The van der Waals surface area contributed by atoms with E-state index in [1.165, 1.54) is 7.11 Å². The molecule has 0 spiro atoms. The van der Waals surface area contributed by atoms with Gasteiger partial charge in [0.1, 0.15) is 11.9 Å². The normalized spacial score (nSPS) is 14.2. The number of pyridine rings is 1. The first-order chi connectivity index (χ1) is 14.1. The predicted octanol–water partition coefficient (Wildman–Crippen LogP) is 3.92. The van der Waals surface area contributed by atoms with Crippen LogP contribution in [0.25, 0.3) is 11.1 Å². The SMILES string of the molecule is COC(=O)c1cccc(CNC(=O)c2ccc3c(c2)C(C)Oc2cnccc2-3)c1. The molecule has 2 heterocycles. The number of ether oxygens (including phenoxy) is 2. The van der Waals surface area contributed by atoms with E-state index in [4.69, 9.17) is 9.47 Å². The van der Waals surface area contributed by atoms with Crippen LogP contribution in [0.3, 0.4) is 0 Å². The summed E-state index contributed by atoms with van der Waals surface area (Å²) < 4.78 is 10.7. The number of methoxy groups -OCH3 is 1. The Bertz CT molecular complexity index is 1090. The molecular formula is C23H20N2O4. The molecule has 0 aliphatic carbocycles. The molecular weight excluding hydrogens is 368 g/mol. The lowest BCUT2D eigenvalue weighted by Crippen LogP contribution is -2.23. The van der Waals surface area contributed by atoms with Gasteiger partial charge in [-0.15, -0.1) is 0 Å². The first-order valence-corrected chi connectivity index (χ1v) is 9.27. The van der Waals surface area contributed by atoms with E-state index in [1.807, 2.05) is 31.2 Å². The molecule has 1 aromatic heterocycles. The van der Waals surface area contributed by atoms with Crippen LogP contribution in [0.2, 0.25) is 0 Å². The topological polar surface area (TPSA) is 77.5 Å². The van der Waals surface area contributed by atoms with E-state index in [1.54, 1.807) is 36.7 Å². The van der Waals surface area contributed by atoms with E-state index in [0.29, 0.717) is 17.7 Å². The highest BCUT2D eigenvalue weighted by molar-refractivity contribution is 5.95. The van der Waals surface area contributed by atoms with Crippen LogP contribution in [0.4, 0.5) is 0 Å². The van der Waals surface area contributed by atoms with Gasteiger partial charge in [0, 0.05) is 29.4 Å². The quantitative estimate of drug-likeness (QED) is 0.686. The molecule has 1 amide bonds. The van der Waals surface area contributed by atoms with Crippen LogP contribution in [0.5, 0.6) is 5.75 Å². The third kappa shape index (κ3) is 3.69. The maximum Gasteiger partial charge on any atom is 0.337 e. The molecule has 0 saturated carbocycles. The number of nitrogens with one attached hydrogen (secondary N) is 1. The van der Waals surface area contributed by atoms with Crippen LogP contribution in [0, 0.1) is 0 Å². The summed E-state index contributed by atoms with van der Waals surface area (Å²) in [5.41, 5.74) is 4.80. The second-order valence-corrected chi connectivity index (χ2v) is 6.81. The van der Waals surface area contributed by atoms with Crippen molar-refractivity contribution in [2.45, 2.75) is 19.6 Å². The Morgan fingerprint density at radius 1 is 1.10 bits per heavy atom. The number of nitrogens with zero attached hydrogens (tertiary/aromatic N) is 1. The number of hydrogen-bond donors (Lipinski definition) is 1. The van der Waals surface area contributed by atoms with Crippen molar-refractivity contribution in [3.05, 3.63) is 83.2 Å². The molecule has 29 heavy (non-hydrogen) atoms. The summed E-state index contributed by atoms with van der Waals surface area (Å²) in [6, 6.07) is 14.5. The zero-order valence-corrected chi connectivity index (χ0v) is 16.1. The summed E-state index contributed by atoms with van der Waals surface area (Å²) in [6.07, 6.45) is 3.26. The third-order valence-corrected chi connectivity index (χ3v) is 4.93. The van der Waals surface area contributed by atoms with E-state index in [-0.39, 0.29) is 12.0 Å². The molecule has 6 heteroatoms. The lowest BCUT2D eigenvalue weighted by molar-refractivity contribution is 0.0600. The fourth-order valence-corrected chi connectivity index (χ4v) is 3.45. The highest BCUT2D eigenvalue weighted by Crippen LogP contribution is 2.41. The van der Waals surface area contributed by atoms with Crippen LogP contribution >= 0.6 is 0 Å². The number of rotatable bonds is 4. The van der Waals surface area contributed by atoms with E-state index in [0.717, 1.165) is 28.0 Å². The zero-order chi connectivity index (χ0) is 20.4. The summed E-state index contributed by atoms with van der Waals surface area (Å²) in [5, 5.41) is 2.90. The summed E-state index contributed by atoms with van der Waals surface area (Å²) >= 11 is 0. The molecule has 2 aromatic carbocycles. The Morgan fingerprint density at radius 3 is 2.79 bits per heavy atom. The van der Waals surface area contributed by atoms with Crippen LogP contribution in [-0.4, -0.2) is 24.0 Å². The van der Waals surface area contributed by atoms with Crippen molar-refractivity contribution in [3.63, 3.8) is 0 Å². The molecule has 1 atom stereocenters. The van der Waals surface area contributed by atoms with Gasteiger partial charge in [0.2, 0.25) is 0 Å². The Hall–Kier alpha value is -3.67. The van der Waals surface area contributed by atoms with Crippen LogP contribution in [-0.2, 0) is 11.3 Å². The predicted molar refractivity (Wildman–Crippen MR) is 108 cm³/mol. The fraction of sp³-hybridized carbons (Fsp3) is 0.174. The van der Waals surface area contributed by atoms with E-state index in [2.05, 4.69) is 10.3 Å². The molecule has 0 fully saturated rings. The molecule has 1 aliphatic heterocycles. The lowest BCUT2D eigenvalue weighted by Gasteiger charge is -2.26. The first-order valence-electron chi connectivity index (χ1n) is 9.27. The van der Waals surface area contributed by atoms with Gasteiger partial charge in [-0.05, 0) is 48.4 Å². The smallest absolute Gasteiger partial charge is 0.337 e. The van der Waals surface area contributed by atoms with Gasteiger partial charge >= 0.3 is 5.97 Å². The summed E-state index contributed by atoms with van der Waals surface area (Å²) in [6.45, 7) is 2.26. The van der Waals surface area contributed by atoms with Gasteiger partial charge in [-0.1, -0.05) is 18.2 Å². The molecule has 3 aromatic rings. The maximum absolute atomic E-state index is 12.7. The largest absolute Gasteiger partial charge is 0.484 e. The van der Waals surface area contributed by atoms with Gasteiger partial charge in [-0.2, -0.15) is 0 Å². The van der Waals surface area contributed by atoms with Crippen molar-refractivity contribution in [1.29, 1.82) is 0 Å². The Kier molecular flexibility index (Phi) is 4.99. The second-order valence-electron chi connectivity index (χ2n) is 6.81. The Labute approximate surface area is 168 Å². The number of esters is 1. The zero-order valence-electron chi connectivity index (χ0n) is 16.1. The summed E-state index contributed by atoms with van der Waals surface area (Å²) in [7, 11) is 1.34. The molecule has 0 bridgehead atoms. The highest BCUT2D eigenvalue weighted by atomic mass is 16.5. The van der Waals surface area contributed by atoms with Crippen molar-refractivity contribution < 1.29 is 19.1 Å². The standard InChI is InChI=1S/C23H20N2O4/c1-14-20-11-16(6-7-18(20)19-8-9-24-13-21(19)29-14)22(26)25-12-15-4-3-5-17(10-15)23(27)28-2/h3-11,13-14H,12H2,1-2H3,(H,25,26). The lowest BCUT2D eigenvalue weighted by atomic mass is 9.92. The van der Waals surface area contributed by atoms with Crippen LogP contribution in [0.1, 0.15) is 44.9 Å². The number of amides is 1. The molecule has 146 valence electrons. The van der Waals surface area contributed by atoms with Gasteiger partial charge in [0.05, 0.1) is 18.9 Å². The van der Waals surface area contributed by atoms with Crippen molar-refractivity contribution in [2.24, 2.45) is 0 Å². The number of aromatic nitrogens is 1. The minimum Gasteiger partial charge on any atom is -0.484 e. The number of fused-ring (bicyclic) bond motifs is 3. The van der Waals surface area contributed by atoms with Crippen molar-refractivity contribution in [1.82, 2.24) is 10.3 Å². The van der Waals surface area contributed by atoms with Gasteiger partial charge in [0.25, 0.3) is 5.91 Å². The fourth-order valence-electron chi connectivity index (χ4n) is 3.45. The minimum atomic E-state index is -0.405. The molecule has 4 rings (SSSR count). The van der Waals surface area contributed by atoms with Crippen molar-refractivity contribution in [2.75, 3.05) is 7.11 Å². The molecule has 0 radical (unpaired) electrons. The highest BCUT2D eigenvalue weighted by Gasteiger charge is 2.24. The number of hydrogen-bond acceptors (Lipinski definition) is 5. The van der Waals surface area contributed by atoms with E-state index >= 15 is 0 Å². The summed E-state index contributed by atoms with van der Waals surface area (Å²) in [4.78, 5) is 28.4. The average molecular weight is 388 g/mol. The molecule has 1 N–H and O–H groups in total. The van der Waals surface area contributed by atoms with Crippen molar-refractivity contribution >= 4 is 11.9 Å². The van der Waals surface area contributed by atoms with E-state index < -0.39 is 5.97 Å². The van der Waals surface area contributed by atoms with Gasteiger partial charge in [-0.3, -0.25) is 9.78 Å². The molecule has 1 aliphatic rings. The number of carbonyl (C=O) groups is 2. The van der Waals surface area contributed by atoms with Gasteiger partial charge in [-0.25, -0.2) is 4.79 Å². The van der Waals surface area contributed by atoms with Crippen molar-refractivity contribution in [3.8, 4) is 16.9 Å². The van der Waals surface area contributed by atoms with E-state index in [9.17, 15) is 9.59 Å². The van der Waals surface area contributed by atoms with Crippen LogP contribution in [0.15, 0.2) is 60.9 Å². The number of benzene rings is 2. The average Bonchev–Trinajstić information content (AvgIpc) is 2.77. The van der Waals surface area contributed by atoms with Crippen LogP contribution < -0.4 is 10.1 Å². The third-order valence-electron chi connectivity index (χ3n) is 4.93. The molecule has 1 unspecified atom stereocenters. The van der Waals surface area contributed by atoms with Gasteiger partial charge in [0.15, 0.2) is 0 Å². The number of carbonyl (C=O) groups excluding carboxylic acids is 2. The Morgan fingerprint density at radius 2 is 1.97 bits per heavy atom. The Balaban J connectivity index is 1.52. The second kappa shape index (κ2) is 7.75. The summed E-state index contributed by atoms with van der Waals surface area (Å²) in [5.74, 6) is 0.150. The minimum absolute atomic E-state index is 0.175. The first kappa shape index (κ1) is 18.7. The molecule has 0 saturated heterocycles. The molecule has 6 nitrogen and oxygen atoms in total. The van der Waals surface area contributed by atoms with Gasteiger partial charge < -0.3 is 14.8 Å². The monoisotopic (exact) mass is 388 g/mol. The maximum atomic E-state index is 12.7.